The van der Waals surface area contributed by atoms with Crippen LogP contribution >= 0.6 is 11.3 Å². The van der Waals surface area contributed by atoms with Crippen LogP contribution in [0, 0.1) is 17.0 Å². The molecular weight excluding hydrogens is 316 g/mol. The van der Waals surface area contributed by atoms with Crippen molar-refractivity contribution in [3.8, 4) is 0 Å². The number of anilines is 1. The first-order valence-electron chi connectivity index (χ1n) is 7.25. The van der Waals surface area contributed by atoms with Crippen molar-refractivity contribution in [2.75, 3.05) is 31.1 Å². The predicted molar refractivity (Wildman–Crippen MR) is 88.1 cm³/mol. The van der Waals surface area contributed by atoms with E-state index in [0.717, 1.165) is 5.13 Å². The third-order valence-electron chi connectivity index (χ3n) is 3.91. The van der Waals surface area contributed by atoms with Gasteiger partial charge in [0.15, 0.2) is 5.13 Å². The second-order valence-corrected chi connectivity index (χ2v) is 6.20. The minimum atomic E-state index is -0.478. The Hall–Kier alpha value is -2.48. The zero-order valence-electron chi connectivity index (χ0n) is 12.6. The van der Waals surface area contributed by atoms with Crippen molar-refractivity contribution in [1.29, 1.82) is 0 Å². The Balaban J connectivity index is 1.75. The maximum absolute atomic E-state index is 12.7. The van der Waals surface area contributed by atoms with E-state index in [1.54, 1.807) is 41.5 Å². The molecule has 0 atom stereocenters. The minimum absolute atomic E-state index is 0.0974. The molecule has 0 spiro atoms. The number of aromatic nitrogens is 1. The fourth-order valence-electron chi connectivity index (χ4n) is 2.72. The van der Waals surface area contributed by atoms with Crippen LogP contribution in [-0.4, -0.2) is 46.9 Å². The molecule has 3 rings (SSSR count). The summed E-state index contributed by atoms with van der Waals surface area (Å²) in [6.45, 7) is 4.07. The molecule has 1 aliphatic heterocycles. The van der Waals surface area contributed by atoms with Crippen LogP contribution < -0.4 is 4.90 Å². The molecule has 0 saturated carbocycles. The molecule has 1 fully saturated rings. The number of piperazine rings is 1. The van der Waals surface area contributed by atoms with Crippen molar-refractivity contribution < 1.29 is 9.72 Å². The quantitative estimate of drug-likeness (QED) is 0.636. The Kier molecular flexibility index (Phi) is 4.24. The molecule has 2 heterocycles. The smallest absolute Gasteiger partial charge is 0.285 e. The first-order valence-corrected chi connectivity index (χ1v) is 8.13. The van der Waals surface area contributed by atoms with Crippen LogP contribution in [-0.2, 0) is 0 Å². The SMILES string of the molecule is Cc1cccc(C(=O)N2CCN(c3nccs3)CC2)c1[N+](=O)[O-]. The molecular formula is C15H16N4O3S. The molecule has 0 bridgehead atoms. The molecule has 1 aromatic heterocycles. The largest absolute Gasteiger partial charge is 0.345 e. The summed E-state index contributed by atoms with van der Waals surface area (Å²) in [5.41, 5.74) is 0.569. The minimum Gasteiger partial charge on any atom is -0.345 e. The summed E-state index contributed by atoms with van der Waals surface area (Å²) in [4.78, 5) is 31.5. The van der Waals surface area contributed by atoms with Crippen molar-refractivity contribution >= 4 is 28.1 Å². The zero-order chi connectivity index (χ0) is 16.4. The van der Waals surface area contributed by atoms with E-state index in [4.69, 9.17) is 0 Å². The number of para-hydroxylation sites is 1. The summed E-state index contributed by atoms with van der Waals surface area (Å²) in [6, 6.07) is 4.86. The molecule has 0 unspecified atom stereocenters. The van der Waals surface area contributed by atoms with E-state index in [0.29, 0.717) is 31.7 Å². The number of nitro benzene ring substituents is 1. The molecule has 23 heavy (non-hydrogen) atoms. The number of benzene rings is 1. The Morgan fingerprint density at radius 2 is 2.04 bits per heavy atom. The van der Waals surface area contributed by atoms with Gasteiger partial charge in [-0.25, -0.2) is 4.98 Å². The summed E-state index contributed by atoms with van der Waals surface area (Å²) in [5, 5.41) is 14.1. The third-order valence-corrected chi connectivity index (χ3v) is 4.74. The average molecular weight is 332 g/mol. The molecule has 1 saturated heterocycles. The van der Waals surface area contributed by atoms with Crippen molar-refractivity contribution in [2.24, 2.45) is 0 Å². The fraction of sp³-hybridized carbons (Fsp3) is 0.333. The van der Waals surface area contributed by atoms with E-state index in [-0.39, 0.29) is 17.2 Å². The lowest BCUT2D eigenvalue weighted by molar-refractivity contribution is -0.385. The molecule has 0 radical (unpaired) electrons. The molecule has 8 heteroatoms. The number of carbonyl (C=O) groups is 1. The van der Waals surface area contributed by atoms with Crippen LogP contribution in [0.4, 0.5) is 10.8 Å². The molecule has 2 aromatic rings. The molecule has 0 aliphatic carbocycles. The number of nitrogens with zero attached hydrogens (tertiary/aromatic N) is 4. The second-order valence-electron chi connectivity index (χ2n) is 5.32. The number of nitro groups is 1. The number of amides is 1. The highest BCUT2D eigenvalue weighted by Gasteiger charge is 2.29. The van der Waals surface area contributed by atoms with Crippen LogP contribution in [0.1, 0.15) is 15.9 Å². The standard InChI is InChI=1S/C15H16N4O3S/c1-11-3-2-4-12(13(11)19(21)22)14(20)17-6-8-18(9-7-17)15-16-5-10-23-15/h2-5,10H,6-9H2,1H3. The molecule has 0 N–H and O–H groups in total. The molecule has 1 aliphatic rings. The first kappa shape index (κ1) is 15.4. The lowest BCUT2D eigenvalue weighted by atomic mass is 10.1. The topological polar surface area (TPSA) is 79.6 Å². The highest BCUT2D eigenvalue weighted by Crippen LogP contribution is 2.25. The summed E-state index contributed by atoms with van der Waals surface area (Å²) < 4.78 is 0. The van der Waals surface area contributed by atoms with Gasteiger partial charge in [0.1, 0.15) is 5.56 Å². The van der Waals surface area contributed by atoms with Crippen LogP contribution in [0.25, 0.3) is 0 Å². The maximum Gasteiger partial charge on any atom is 0.285 e. The number of aryl methyl sites for hydroxylation is 1. The molecule has 1 amide bonds. The molecule has 120 valence electrons. The number of hydrogen-bond donors (Lipinski definition) is 0. The van der Waals surface area contributed by atoms with Gasteiger partial charge in [-0.2, -0.15) is 0 Å². The maximum atomic E-state index is 12.7. The van der Waals surface area contributed by atoms with Gasteiger partial charge < -0.3 is 9.80 Å². The summed E-state index contributed by atoms with van der Waals surface area (Å²) in [7, 11) is 0. The van der Waals surface area contributed by atoms with Gasteiger partial charge in [0.25, 0.3) is 11.6 Å². The average Bonchev–Trinajstić information content (AvgIpc) is 3.08. The zero-order valence-corrected chi connectivity index (χ0v) is 13.5. The van der Waals surface area contributed by atoms with Gasteiger partial charge in [-0.15, -0.1) is 11.3 Å². The van der Waals surface area contributed by atoms with E-state index in [1.165, 1.54) is 6.07 Å². The van der Waals surface area contributed by atoms with E-state index < -0.39 is 4.92 Å². The number of carbonyl (C=O) groups excluding carboxylic acids is 1. The van der Waals surface area contributed by atoms with Gasteiger partial charge in [0, 0.05) is 43.3 Å². The fourth-order valence-corrected chi connectivity index (χ4v) is 3.41. The summed E-state index contributed by atoms with van der Waals surface area (Å²) in [5.74, 6) is -0.279. The van der Waals surface area contributed by atoms with E-state index in [2.05, 4.69) is 9.88 Å². The van der Waals surface area contributed by atoms with Gasteiger partial charge in [-0.05, 0) is 13.0 Å². The number of hydrogen-bond acceptors (Lipinski definition) is 6. The van der Waals surface area contributed by atoms with Crippen LogP contribution in [0.5, 0.6) is 0 Å². The van der Waals surface area contributed by atoms with Gasteiger partial charge in [-0.1, -0.05) is 12.1 Å². The van der Waals surface area contributed by atoms with Crippen molar-refractivity contribution in [3.05, 3.63) is 51.0 Å². The molecule has 1 aromatic carbocycles. The summed E-state index contributed by atoms with van der Waals surface area (Å²) in [6.07, 6.45) is 1.76. The first-order chi connectivity index (χ1) is 11.1. The lowest BCUT2D eigenvalue weighted by Crippen LogP contribution is -2.48. The van der Waals surface area contributed by atoms with Crippen LogP contribution in [0.2, 0.25) is 0 Å². The number of thiazole rings is 1. The van der Waals surface area contributed by atoms with Gasteiger partial charge in [0.05, 0.1) is 4.92 Å². The highest BCUT2D eigenvalue weighted by molar-refractivity contribution is 7.13. The van der Waals surface area contributed by atoms with E-state index in [9.17, 15) is 14.9 Å². The van der Waals surface area contributed by atoms with Crippen molar-refractivity contribution in [1.82, 2.24) is 9.88 Å². The Labute approximate surface area is 137 Å². The Bertz CT molecular complexity index is 724. The normalized spacial score (nSPS) is 14.8. The number of rotatable bonds is 3. The monoisotopic (exact) mass is 332 g/mol. The summed E-state index contributed by atoms with van der Waals surface area (Å²) >= 11 is 1.57. The van der Waals surface area contributed by atoms with E-state index in [1.807, 2.05) is 5.38 Å². The van der Waals surface area contributed by atoms with Crippen molar-refractivity contribution in [3.63, 3.8) is 0 Å². The highest BCUT2D eigenvalue weighted by atomic mass is 32.1. The second kappa shape index (κ2) is 6.33. The lowest BCUT2D eigenvalue weighted by Gasteiger charge is -2.34. The van der Waals surface area contributed by atoms with Crippen molar-refractivity contribution in [2.45, 2.75) is 6.92 Å². The van der Waals surface area contributed by atoms with Crippen LogP contribution in [0.3, 0.4) is 0 Å². The van der Waals surface area contributed by atoms with Gasteiger partial charge in [0.2, 0.25) is 0 Å². The van der Waals surface area contributed by atoms with Crippen LogP contribution in [0.15, 0.2) is 29.8 Å². The van der Waals surface area contributed by atoms with Gasteiger partial charge >= 0.3 is 0 Å². The molecule has 7 nitrogen and oxygen atoms in total. The van der Waals surface area contributed by atoms with E-state index >= 15 is 0 Å². The predicted octanol–water partition coefficient (Wildman–Crippen LogP) is 2.32. The third kappa shape index (κ3) is 3.02. The Morgan fingerprint density at radius 3 is 2.65 bits per heavy atom. The Morgan fingerprint density at radius 1 is 1.30 bits per heavy atom. The van der Waals surface area contributed by atoms with Gasteiger partial charge in [-0.3, -0.25) is 14.9 Å².